The van der Waals surface area contributed by atoms with Crippen molar-refractivity contribution >= 4 is 10.0 Å². The van der Waals surface area contributed by atoms with Gasteiger partial charge in [0.05, 0.1) is 24.6 Å². The van der Waals surface area contributed by atoms with Crippen LogP contribution in [0.3, 0.4) is 0 Å². The van der Waals surface area contributed by atoms with Crippen LogP contribution in [0.15, 0.2) is 18.3 Å². The molecule has 2 aliphatic carbocycles. The molecular weight excluding hydrogens is 402 g/mol. The number of ether oxygens (including phenoxy) is 2. The Bertz CT molecular complexity index is 791. The summed E-state index contributed by atoms with van der Waals surface area (Å²) < 4.78 is 39.6. The van der Waals surface area contributed by atoms with Crippen molar-refractivity contribution in [1.82, 2.24) is 15.0 Å². The zero-order valence-electron chi connectivity index (χ0n) is 17.9. The summed E-state index contributed by atoms with van der Waals surface area (Å²) in [6.45, 7) is 4.09. The Kier molecular flexibility index (Phi) is 7.28. The first kappa shape index (κ1) is 22.0. The highest BCUT2D eigenvalue weighted by atomic mass is 32.2. The molecule has 1 aromatic heterocycles. The number of aromatic nitrogens is 1. The molecule has 0 aromatic carbocycles. The number of sulfonamides is 1. The van der Waals surface area contributed by atoms with E-state index in [1.165, 1.54) is 5.56 Å². The molecule has 3 aliphatic rings. The molecule has 168 valence electrons. The number of pyridine rings is 1. The standard InChI is InChI=1S/C22H35N3O4S/c1-2-28-22-19(5-3-14-24-22)16-7-9-17(10-8-16)29-15-21-20(6-4-13-23-21)25-30(26,27)18-11-12-18/h3,5,14,16-18,20-21,23,25H,2,4,6-13,15H2,1H3/t16-,17+,20-,21-/m0/s1. The zero-order chi connectivity index (χ0) is 21.0. The number of nitrogens with one attached hydrogen (secondary N) is 2. The molecule has 0 bridgehead atoms. The maximum Gasteiger partial charge on any atom is 0.216 e. The molecule has 1 aliphatic heterocycles. The van der Waals surface area contributed by atoms with Gasteiger partial charge in [0.2, 0.25) is 15.9 Å². The lowest BCUT2D eigenvalue weighted by atomic mass is 9.83. The molecule has 0 amide bonds. The Labute approximate surface area is 180 Å². The summed E-state index contributed by atoms with van der Waals surface area (Å²) in [5, 5.41) is 3.29. The third kappa shape index (κ3) is 5.52. The number of rotatable bonds is 9. The lowest BCUT2D eigenvalue weighted by Gasteiger charge is -2.35. The van der Waals surface area contributed by atoms with Crippen LogP contribution in [0.5, 0.6) is 5.88 Å². The lowest BCUT2D eigenvalue weighted by molar-refractivity contribution is 0.00506. The predicted octanol–water partition coefficient (Wildman–Crippen LogP) is 2.73. The molecule has 3 fully saturated rings. The van der Waals surface area contributed by atoms with Crippen molar-refractivity contribution in [3.63, 3.8) is 0 Å². The fourth-order valence-corrected chi connectivity index (χ4v) is 6.36. The highest BCUT2D eigenvalue weighted by molar-refractivity contribution is 7.90. The van der Waals surface area contributed by atoms with Crippen LogP contribution in [-0.2, 0) is 14.8 Å². The van der Waals surface area contributed by atoms with Crippen LogP contribution in [0.25, 0.3) is 0 Å². The van der Waals surface area contributed by atoms with E-state index in [1.54, 1.807) is 6.20 Å². The Morgan fingerprint density at radius 1 is 1.17 bits per heavy atom. The minimum atomic E-state index is -3.17. The van der Waals surface area contributed by atoms with E-state index in [1.807, 2.05) is 13.0 Å². The first-order valence-electron chi connectivity index (χ1n) is 11.5. The average molecular weight is 438 g/mol. The van der Waals surface area contributed by atoms with Crippen LogP contribution in [0.2, 0.25) is 0 Å². The second kappa shape index (κ2) is 9.94. The van der Waals surface area contributed by atoms with Gasteiger partial charge in [0.25, 0.3) is 0 Å². The molecule has 8 heteroatoms. The van der Waals surface area contributed by atoms with E-state index in [-0.39, 0.29) is 23.4 Å². The Morgan fingerprint density at radius 2 is 1.97 bits per heavy atom. The van der Waals surface area contributed by atoms with Crippen molar-refractivity contribution in [1.29, 1.82) is 0 Å². The van der Waals surface area contributed by atoms with E-state index >= 15 is 0 Å². The number of piperidine rings is 1. The van der Waals surface area contributed by atoms with Crippen LogP contribution < -0.4 is 14.8 Å². The fourth-order valence-electron chi connectivity index (χ4n) is 4.71. The normalized spacial score (nSPS) is 30.2. The van der Waals surface area contributed by atoms with Gasteiger partial charge in [-0.1, -0.05) is 6.07 Å². The van der Waals surface area contributed by atoms with Gasteiger partial charge in [-0.2, -0.15) is 0 Å². The summed E-state index contributed by atoms with van der Waals surface area (Å²) in [5.74, 6) is 1.23. The molecule has 1 saturated heterocycles. The highest BCUT2D eigenvalue weighted by Gasteiger charge is 2.39. The van der Waals surface area contributed by atoms with Gasteiger partial charge in [-0.3, -0.25) is 0 Å². The Balaban J connectivity index is 1.27. The maximum absolute atomic E-state index is 12.4. The van der Waals surface area contributed by atoms with Gasteiger partial charge in [0.1, 0.15) is 0 Å². The summed E-state index contributed by atoms with van der Waals surface area (Å²) in [7, 11) is -3.17. The maximum atomic E-state index is 12.4. The van der Waals surface area contributed by atoms with E-state index in [0.717, 1.165) is 63.8 Å². The molecule has 1 aromatic rings. The predicted molar refractivity (Wildman–Crippen MR) is 116 cm³/mol. The number of hydrogen-bond acceptors (Lipinski definition) is 6. The molecule has 0 unspecified atom stereocenters. The SMILES string of the molecule is CCOc1ncccc1[C@H]1CC[C@@H](OC[C@@H]2NCCC[C@@H]2NS(=O)(=O)C2CC2)CC1. The van der Waals surface area contributed by atoms with Gasteiger partial charge in [-0.25, -0.2) is 18.1 Å². The van der Waals surface area contributed by atoms with Gasteiger partial charge in [0.15, 0.2) is 0 Å². The fraction of sp³-hybridized carbons (Fsp3) is 0.773. The first-order chi connectivity index (χ1) is 14.6. The first-order valence-corrected chi connectivity index (χ1v) is 13.0. The summed E-state index contributed by atoms with van der Waals surface area (Å²) >= 11 is 0. The van der Waals surface area contributed by atoms with Crippen LogP contribution in [0.1, 0.15) is 69.8 Å². The molecule has 7 nitrogen and oxygen atoms in total. The van der Waals surface area contributed by atoms with Gasteiger partial charge < -0.3 is 14.8 Å². The van der Waals surface area contributed by atoms with Crippen LogP contribution in [0.4, 0.5) is 0 Å². The van der Waals surface area contributed by atoms with Crippen molar-refractivity contribution in [3.8, 4) is 5.88 Å². The molecular formula is C22H35N3O4S. The van der Waals surface area contributed by atoms with Crippen molar-refractivity contribution in [2.24, 2.45) is 0 Å². The second-order valence-corrected chi connectivity index (χ2v) is 10.8. The monoisotopic (exact) mass is 437 g/mol. The molecule has 30 heavy (non-hydrogen) atoms. The van der Waals surface area contributed by atoms with Crippen LogP contribution >= 0.6 is 0 Å². The van der Waals surface area contributed by atoms with Crippen LogP contribution in [0, 0.1) is 0 Å². The molecule has 2 saturated carbocycles. The molecule has 2 atom stereocenters. The van der Waals surface area contributed by atoms with E-state index in [0.29, 0.717) is 19.1 Å². The second-order valence-electron chi connectivity index (χ2n) is 8.81. The molecule has 4 rings (SSSR count). The van der Waals surface area contributed by atoms with Crippen LogP contribution in [-0.4, -0.2) is 56.6 Å². The largest absolute Gasteiger partial charge is 0.478 e. The Hall–Kier alpha value is -1.22. The third-order valence-corrected chi connectivity index (χ3v) is 8.55. The summed E-state index contributed by atoms with van der Waals surface area (Å²) in [4.78, 5) is 4.40. The topological polar surface area (TPSA) is 89.6 Å². The van der Waals surface area contributed by atoms with Crippen molar-refractivity contribution in [2.75, 3.05) is 19.8 Å². The number of nitrogens with zero attached hydrogens (tertiary/aromatic N) is 1. The Morgan fingerprint density at radius 3 is 2.70 bits per heavy atom. The molecule has 0 spiro atoms. The van der Waals surface area contributed by atoms with Gasteiger partial charge >= 0.3 is 0 Å². The quantitative estimate of drug-likeness (QED) is 0.617. The third-order valence-electron chi connectivity index (χ3n) is 6.57. The molecule has 2 N–H and O–H groups in total. The lowest BCUT2D eigenvalue weighted by Crippen LogP contribution is -2.56. The van der Waals surface area contributed by atoms with Crippen molar-refractivity contribution < 1.29 is 17.9 Å². The van der Waals surface area contributed by atoms with Crippen molar-refractivity contribution in [2.45, 2.75) is 87.6 Å². The molecule has 2 heterocycles. The van der Waals surface area contributed by atoms with E-state index in [2.05, 4.69) is 21.1 Å². The van der Waals surface area contributed by atoms with E-state index in [9.17, 15) is 8.42 Å². The summed E-state index contributed by atoms with van der Waals surface area (Å²) in [6.07, 6.45) is 9.62. The van der Waals surface area contributed by atoms with E-state index in [4.69, 9.17) is 9.47 Å². The van der Waals surface area contributed by atoms with Gasteiger partial charge in [0, 0.05) is 23.8 Å². The van der Waals surface area contributed by atoms with Gasteiger partial charge in [-0.05, 0) is 76.8 Å². The summed E-state index contributed by atoms with van der Waals surface area (Å²) in [5.41, 5.74) is 1.21. The van der Waals surface area contributed by atoms with Gasteiger partial charge in [-0.15, -0.1) is 0 Å². The zero-order valence-corrected chi connectivity index (χ0v) is 18.7. The highest BCUT2D eigenvalue weighted by Crippen LogP contribution is 2.37. The average Bonchev–Trinajstić information content (AvgIpc) is 3.60. The number of hydrogen-bond donors (Lipinski definition) is 2. The smallest absolute Gasteiger partial charge is 0.216 e. The minimum Gasteiger partial charge on any atom is -0.478 e. The molecule has 0 radical (unpaired) electrons. The van der Waals surface area contributed by atoms with Crippen molar-refractivity contribution in [3.05, 3.63) is 23.9 Å². The summed E-state index contributed by atoms with van der Waals surface area (Å²) in [6, 6.07) is 4.10. The van der Waals surface area contributed by atoms with E-state index < -0.39 is 10.0 Å². The minimum absolute atomic E-state index is 0.0490.